The van der Waals surface area contributed by atoms with Gasteiger partial charge in [0.05, 0.1) is 11.1 Å². The first kappa shape index (κ1) is 10.1. The molecule has 1 aliphatic carbocycles. The lowest BCUT2D eigenvalue weighted by Crippen LogP contribution is -2.46. The molecule has 0 radical (unpaired) electrons. The van der Waals surface area contributed by atoms with Crippen molar-refractivity contribution in [1.29, 1.82) is 0 Å². The number of aliphatic hydroxyl groups is 1. The second kappa shape index (κ2) is 3.96. The van der Waals surface area contributed by atoms with Gasteiger partial charge < -0.3 is 10.8 Å². The Morgan fingerprint density at radius 2 is 2.29 bits per heavy atom. The topological polar surface area (TPSA) is 59.1 Å². The number of thiazole rings is 1. The van der Waals surface area contributed by atoms with Crippen molar-refractivity contribution >= 4 is 11.3 Å². The second-order valence-electron chi connectivity index (χ2n) is 4.20. The quantitative estimate of drug-likeness (QED) is 0.777. The Kier molecular flexibility index (Phi) is 2.85. The number of aromatic nitrogens is 1. The van der Waals surface area contributed by atoms with Gasteiger partial charge in [-0.2, -0.15) is 0 Å². The van der Waals surface area contributed by atoms with Crippen LogP contribution in [0.2, 0.25) is 0 Å². The van der Waals surface area contributed by atoms with Gasteiger partial charge in [0.1, 0.15) is 0 Å². The van der Waals surface area contributed by atoms with Gasteiger partial charge in [0.15, 0.2) is 0 Å². The van der Waals surface area contributed by atoms with Gasteiger partial charge in [0, 0.05) is 23.5 Å². The molecule has 0 spiro atoms. The van der Waals surface area contributed by atoms with Crippen LogP contribution in [-0.4, -0.2) is 21.7 Å². The molecule has 1 aromatic heterocycles. The third kappa shape index (κ3) is 2.32. The summed E-state index contributed by atoms with van der Waals surface area (Å²) in [7, 11) is 0. The summed E-state index contributed by atoms with van der Waals surface area (Å²) in [5.74, 6) is 0. The Labute approximate surface area is 88.0 Å². The summed E-state index contributed by atoms with van der Waals surface area (Å²) in [5.41, 5.74) is 6.14. The van der Waals surface area contributed by atoms with Crippen LogP contribution in [0.4, 0.5) is 0 Å². The molecule has 1 aromatic rings. The molecule has 1 saturated carbocycles. The van der Waals surface area contributed by atoms with Crippen LogP contribution in [0.15, 0.2) is 11.6 Å². The van der Waals surface area contributed by atoms with E-state index >= 15 is 0 Å². The molecule has 2 rings (SSSR count). The van der Waals surface area contributed by atoms with E-state index < -0.39 is 0 Å². The standard InChI is InChI=1S/C10H16N2OS/c11-10(3-1-8(13)2-4-10)7-9-12-5-6-14-9/h5-6,8,13H,1-4,7,11H2. The number of rotatable bonds is 2. The van der Waals surface area contributed by atoms with E-state index in [1.165, 1.54) is 0 Å². The van der Waals surface area contributed by atoms with Crippen molar-refractivity contribution in [1.82, 2.24) is 4.98 Å². The minimum absolute atomic E-state index is 0.128. The molecule has 0 aromatic carbocycles. The van der Waals surface area contributed by atoms with Crippen LogP contribution in [0.3, 0.4) is 0 Å². The first-order chi connectivity index (χ1) is 6.68. The van der Waals surface area contributed by atoms with Gasteiger partial charge in [-0.05, 0) is 25.7 Å². The van der Waals surface area contributed by atoms with Gasteiger partial charge >= 0.3 is 0 Å². The smallest absolute Gasteiger partial charge is 0.0943 e. The van der Waals surface area contributed by atoms with Gasteiger partial charge in [0.2, 0.25) is 0 Å². The van der Waals surface area contributed by atoms with Crippen LogP contribution in [0.1, 0.15) is 30.7 Å². The van der Waals surface area contributed by atoms with E-state index in [0.29, 0.717) is 0 Å². The molecule has 3 nitrogen and oxygen atoms in total. The van der Waals surface area contributed by atoms with E-state index in [0.717, 1.165) is 37.1 Å². The fraction of sp³-hybridized carbons (Fsp3) is 0.700. The normalized spacial score (nSPS) is 33.1. The maximum absolute atomic E-state index is 9.40. The van der Waals surface area contributed by atoms with E-state index in [-0.39, 0.29) is 11.6 Å². The lowest BCUT2D eigenvalue weighted by atomic mass is 9.79. The predicted molar refractivity (Wildman–Crippen MR) is 57.2 cm³/mol. The highest BCUT2D eigenvalue weighted by molar-refractivity contribution is 7.09. The first-order valence-electron chi connectivity index (χ1n) is 5.03. The van der Waals surface area contributed by atoms with Crippen LogP contribution in [-0.2, 0) is 6.42 Å². The van der Waals surface area contributed by atoms with E-state index in [1.54, 1.807) is 11.3 Å². The number of nitrogens with zero attached hydrogens (tertiary/aromatic N) is 1. The van der Waals surface area contributed by atoms with E-state index in [1.807, 2.05) is 11.6 Å². The molecule has 78 valence electrons. The Balaban J connectivity index is 1.96. The van der Waals surface area contributed by atoms with Gasteiger partial charge in [-0.3, -0.25) is 0 Å². The van der Waals surface area contributed by atoms with Crippen LogP contribution in [0, 0.1) is 0 Å². The number of aliphatic hydroxyl groups excluding tert-OH is 1. The first-order valence-corrected chi connectivity index (χ1v) is 5.91. The van der Waals surface area contributed by atoms with Crippen molar-refractivity contribution in [2.24, 2.45) is 5.73 Å². The summed E-state index contributed by atoms with van der Waals surface area (Å²) >= 11 is 1.66. The molecule has 3 N–H and O–H groups in total. The van der Waals surface area contributed by atoms with Crippen molar-refractivity contribution in [2.45, 2.75) is 43.7 Å². The fourth-order valence-corrected chi connectivity index (χ4v) is 2.77. The highest BCUT2D eigenvalue weighted by atomic mass is 32.1. The molecular weight excluding hydrogens is 196 g/mol. The number of nitrogens with two attached hydrogens (primary N) is 1. The molecule has 4 heteroatoms. The van der Waals surface area contributed by atoms with Crippen molar-refractivity contribution in [3.63, 3.8) is 0 Å². The van der Waals surface area contributed by atoms with E-state index in [4.69, 9.17) is 5.73 Å². The Morgan fingerprint density at radius 3 is 2.86 bits per heavy atom. The zero-order chi connectivity index (χ0) is 10.0. The summed E-state index contributed by atoms with van der Waals surface area (Å²) in [6.45, 7) is 0. The molecule has 14 heavy (non-hydrogen) atoms. The van der Waals surface area contributed by atoms with Crippen LogP contribution < -0.4 is 5.73 Å². The minimum atomic E-state index is -0.136. The molecule has 0 saturated heterocycles. The average Bonchev–Trinajstić information content (AvgIpc) is 2.63. The zero-order valence-electron chi connectivity index (χ0n) is 8.15. The Morgan fingerprint density at radius 1 is 1.57 bits per heavy atom. The Bertz CT molecular complexity index is 278. The van der Waals surface area contributed by atoms with Gasteiger partial charge in [-0.1, -0.05) is 0 Å². The number of hydrogen-bond donors (Lipinski definition) is 2. The van der Waals surface area contributed by atoms with E-state index in [2.05, 4.69) is 4.98 Å². The van der Waals surface area contributed by atoms with Gasteiger partial charge in [-0.25, -0.2) is 4.98 Å². The zero-order valence-corrected chi connectivity index (χ0v) is 8.96. The molecule has 0 aliphatic heterocycles. The molecule has 0 amide bonds. The van der Waals surface area contributed by atoms with E-state index in [9.17, 15) is 5.11 Å². The molecule has 0 bridgehead atoms. The van der Waals surface area contributed by atoms with Crippen LogP contribution >= 0.6 is 11.3 Å². The van der Waals surface area contributed by atoms with Crippen LogP contribution in [0.25, 0.3) is 0 Å². The molecular formula is C10H16N2OS. The predicted octanol–water partition coefficient (Wildman–Crippen LogP) is 1.32. The lowest BCUT2D eigenvalue weighted by Gasteiger charge is -2.34. The van der Waals surface area contributed by atoms with Gasteiger partial charge in [0.25, 0.3) is 0 Å². The van der Waals surface area contributed by atoms with Crippen molar-refractivity contribution in [2.75, 3.05) is 0 Å². The molecule has 0 atom stereocenters. The molecule has 1 fully saturated rings. The molecule has 1 aliphatic rings. The minimum Gasteiger partial charge on any atom is -0.393 e. The summed E-state index contributed by atoms with van der Waals surface area (Å²) in [5, 5.41) is 12.5. The third-order valence-corrected chi connectivity index (χ3v) is 3.72. The monoisotopic (exact) mass is 212 g/mol. The largest absolute Gasteiger partial charge is 0.393 e. The van der Waals surface area contributed by atoms with Crippen molar-refractivity contribution < 1.29 is 5.11 Å². The second-order valence-corrected chi connectivity index (χ2v) is 5.18. The fourth-order valence-electron chi connectivity index (χ4n) is 2.00. The summed E-state index contributed by atoms with van der Waals surface area (Å²) < 4.78 is 0. The highest BCUT2D eigenvalue weighted by Crippen LogP contribution is 2.29. The number of hydrogen-bond acceptors (Lipinski definition) is 4. The van der Waals surface area contributed by atoms with Crippen molar-refractivity contribution in [3.8, 4) is 0 Å². The summed E-state index contributed by atoms with van der Waals surface area (Å²) in [4.78, 5) is 4.25. The van der Waals surface area contributed by atoms with Crippen LogP contribution in [0.5, 0.6) is 0 Å². The third-order valence-electron chi connectivity index (χ3n) is 2.94. The molecule has 1 heterocycles. The maximum atomic E-state index is 9.40. The average molecular weight is 212 g/mol. The summed E-state index contributed by atoms with van der Waals surface area (Å²) in [6.07, 6.45) is 6.03. The Hall–Kier alpha value is -0.450. The van der Waals surface area contributed by atoms with Crippen molar-refractivity contribution in [3.05, 3.63) is 16.6 Å². The lowest BCUT2D eigenvalue weighted by molar-refractivity contribution is 0.0972. The highest BCUT2D eigenvalue weighted by Gasteiger charge is 2.31. The SMILES string of the molecule is NC1(Cc2nccs2)CCC(O)CC1. The van der Waals surface area contributed by atoms with Gasteiger partial charge in [-0.15, -0.1) is 11.3 Å². The molecule has 0 unspecified atom stereocenters. The summed E-state index contributed by atoms with van der Waals surface area (Å²) in [6, 6.07) is 0. The maximum Gasteiger partial charge on any atom is 0.0943 e.